The summed E-state index contributed by atoms with van der Waals surface area (Å²) in [6.07, 6.45) is 43.8. The van der Waals surface area contributed by atoms with E-state index in [1.807, 2.05) is 203 Å². The van der Waals surface area contributed by atoms with E-state index in [1.165, 1.54) is 0 Å². The topological polar surface area (TPSA) is 0 Å². The highest BCUT2D eigenvalue weighted by Gasteiger charge is 1.74. The zero-order chi connectivity index (χ0) is 48.7. The van der Waals surface area contributed by atoms with Crippen molar-refractivity contribution in [2.45, 2.75) is 211 Å². The Morgan fingerprint density at radius 2 is 0.424 bits per heavy atom. The molecule has 0 N–H and O–H groups in total. The molecule has 7 aliphatic rings. The Bertz CT molecular complexity index is 1000. The zero-order valence-corrected chi connectivity index (χ0v) is 44.3. The molecule has 340 valence electrons. The minimum atomic E-state index is 0.778. The van der Waals surface area contributed by atoms with Crippen LogP contribution in [0.4, 0.5) is 0 Å². The Kier molecular flexibility index (Phi) is 232. The van der Waals surface area contributed by atoms with Crippen LogP contribution in [0, 0.1) is 59.2 Å². The van der Waals surface area contributed by atoms with Gasteiger partial charge in [0.25, 0.3) is 0 Å². The van der Waals surface area contributed by atoms with Crippen LogP contribution in [0.15, 0.2) is 109 Å². The van der Waals surface area contributed by atoms with Crippen molar-refractivity contribution in [1.29, 1.82) is 0 Å². The smallest absolute Gasteiger partial charge is 0.0723 e. The summed E-state index contributed by atoms with van der Waals surface area (Å²) in [5.41, 5.74) is 0. The van der Waals surface area contributed by atoms with Crippen molar-refractivity contribution in [3.63, 3.8) is 0 Å². The fourth-order valence-corrected chi connectivity index (χ4v) is 2.28. The molecule has 0 heteroatoms. The Morgan fingerprint density at radius 1 is 0.237 bits per heavy atom. The summed E-state index contributed by atoms with van der Waals surface area (Å²) in [6, 6.07) is 0. The fourth-order valence-electron chi connectivity index (χ4n) is 2.28. The van der Waals surface area contributed by atoms with E-state index in [0.717, 1.165) is 44.9 Å². The lowest BCUT2D eigenvalue weighted by Gasteiger charge is -1.57. The van der Waals surface area contributed by atoms with E-state index in [4.69, 9.17) is 0 Å². The molecule has 0 aromatic carbocycles. The second kappa shape index (κ2) is 159. The van der Waals surface area contributed by atoms with Crippen LogP contribution in [-0.4, -0.2) is 0 Å². The third-order valence-corrected chi connectivity index (χ3v) is 3.95. The summed E-state index contributed by atoms with van der Waals surface area (Å²) in [4.78, 5) is 0. The second-order valence-electron chi connectivity index (χ2n) is 6.84. The van der Waals surface area contributed by atoms with Gasteiger partial charge in [-0.1, -0.05) is 305 Å². The molecule has 0 heterocycles. The van der Waals surface area contributed by atoms with Gasteiger partial charge in [-0.25, -0.2) is 0 Å². The van der Waals surface area contributed by atoms with Gasteiger partial charge in [0.15, 0.2) is 0 Å². The van der Waals surface area contributed by atoms with Crippen LogP contribution < -0.4 is 0 Å². The maximum absolute atomic E-state index is 2.86. The van der Waals surface area contributed by atoms with Crippen molar-refractivity contribution in [2.75, 3.05) is 0 Å². The van der Waals surface area contributed by atoms with E-state index in [-0.39, 0.29) is 0 Å². The van der Waals surface area contributed by atoms with Crippen molar-refractivity contribution in [3.8, 4) is 59.2 Å². The largest absolute Gasteiger partial charge is 0.0943 e. The lowest BCUT2D eigenvalue weighted by Crippen LogP contribution is -1.42. The van der Waals surface area contributed by atoms with Crippen molar-refractivity contribution in [2.24, 2.45) is 0 Å². The Labute approximate surface area is 378 Å². The van der Waals surface area contributed by atoms with Crippen LogP contribution in [0.3, 0.4) is 0 Å². The van der Waals surface area contributed by atoms with Crippen LogP contribution >= 0.6 is 0 Å². The van der Waals surface area contributed by atoms with Crippen LogP contribution in [0.2, 0.25) is 0 Å². The number of allylic oxidation sites excluding steroid dienone is 18. The second-order valence-corrected chi connectivity index (χ2v) is 6.84. The summed E-state index contributed by atoms with van der Waals surface area (Å²) in [6.45, 7) is 48.0. The molecule has 0 bridgehead atoms. The third-order valence-electron chi connectivity index (χ3n) is 3.95. The molecule has 0 amide bonds. The maximum Gasteiger partial charge on any atom is 0.0723 e. The predicted molar refractivity (Wildman–Crippen MR) is 290 cm³/mol. The normalized spacial score (nSPS) is 10.3. The summed E-state index contributed by atoms with van der Waals surface area (Å²) < 4.78 is 0. The van der Waals surface area contributed by atoms with Crippen molar-refractivity contribution in [1.82, 2.24) is 0 Å². The van der Waals surface area contributed by atoms with Gasteiger partial charge in [0.05, 0.1) is 6.42 Å². The Morgan fingerprint density at radius 3 is 0.475 bits per heavy atom. The van der Waals surface area contributed by atoms with Crippen LogP contribution in [0.25, 0.3) is 0 Å². The highest BCUT2D eigenvalue weighted by Crippen LogP contribution is 1.94. The molecule has 0 aliphatic heterocycles. The number of hydrogen-bond acceptors (Lipinski definition) is 0. The molecule has 7 rings (SSSR count). The molecule has 0 nitrogen and oxygen atoms in total. The molecule has 0 aromatic rings. The average molecular weight is 813 g/mol. The first kappa shape index (κ1) is 86.3. The van der Waals surface area contributed by atoms with Crippen LogP contribution in [-0.2, 0) is 0 Å². The molecular formula is C59H104. The zero-order valence-electron chi connectivity index (χ0n) is 44.3. The molecule has 59 heavy (non-hydrogen) atoms. The third kappa shape index (κ3) is 153. The number of rotatable bonds is 0. The van der Waals surface area contributed by atoms with Gasteiger partial charge in [-0.3, -0.25) is 0 Å². The first-order chi connectivity index (χ1) is 29.5. The van der Waals surface area contributed by atoms with E-state index in [1.54, 1.807) is 0 Å². The SMILES string of the molecule is C1#CCC#C1.C1#CCC=C1.C1#CCC=C1.C1#CCC=C1.C1=CCC=C1.C1=CCC=C1.C1=CCC=C1.CC.CC.CC.CC.CC.CC.CC.CC.CC.CC.CC.CC. The summed E-state index contributed by atoms with van der Waals surface area (Å²) >= 11 is 0. The van der Waals surface area contributed by atoms with E-state index in [2.05, 4.69) is 132 Å². The van der Waals surface area contributed by atoms with Gasteiger partial charge in [0, 0.05) is 19.3 Å². The molecule has 0 saturated carbocycles. The van der Waals surface area contributed by atoms with Gasteiger partial charge in [0.1, 0.15) is 0 Å². The molecule has 0 unspecified atom stereocenters. The fraction of sp³-hybridized carbons (Fsp3) is 0.525. The lowest BCUT2D eigenvalue weighted by atomic mass is 10.5. The van der Waals surface area contributed by atoms with E-state index in [9.17, 15) is 0 Å². The first-order valence-electron chi connectivity index (χ1n) is 23.8. The van der Waals surface area contributed by atoms with Gasteiger partial charge in [0.2, 0.25) is 0 Å². The van der Waals surface area contributed by atoms with Gasteiger partial charge in [-0.2, -0.15) is 0 Å². The summed E-state index contributed by atoms with van der Waals surface area (Å²) in [7, 11) is 0. The Hall–Kier alpha value is -4.54. The Balaban J connectivity index is -0.0000000404. The summed E-state index contributed by atoms with van der Waals surface area (Å²) in [5.74, 6) is 27.7. The van der Waals surface area contributed by atoms with Crippen LogP contribution in [0.1, 0.15) is 211 Å². The minimum absolute atomic E-state index is 0.778. The molecular weight excluding hydrogens is 709 g/mol. The van der Waals surface area contributed by atoms with Gasteiger partial charge in [-0.15, -0.1) is 0 Å². The maximum atomic E-state index is 2.86. The average Bonchev–Trinajstić information content (AvgIpc) is 4.25. The van der Waals surface area contributed by atoms with Gasteiger partial charge >= 0.3 is 0 Å². The first-order valence-corrected chi connectivity index (χ1v) is 23.8. The lowest BCUT2D eigenvalue weighted by molar-refractivity contribution is 1.45. The van der Waals surface area contributed by atoms with E-state index >= 15 is 0 Å². The van der Waals surface area contributed by atoms with Crippen molar-refractivity contribution in [3.05, 3.63) is 109 Å². The highest BCUT2D eigenvalue weighted by atomic mass is 13.8. The molecule has 7 aliphatic carbocycles. The number of hydrogen-bond donors (Lipinski definition) is 0. The molecule has 0 saturated heterocycles. The molecule has 0 radical (unpaired) electrons. The quantitative estimate of drug-likeness (QED) is 0.214. The monoisotopic (exact) mass is 813 g/mol. The van der Waals surface area contributed by atoms with Crippen molar-refractivity contribution < 1.29 is 0 Å². The van der Waals surface area contributed by atoms with Gasteiger partial charge < -0.3 is 0 Å². The molecule has 0 aromatic heterocycles. The highest BCUT2D eigenvalue weighted by molar-refractivity contribution is 5.34. The molecule has 0 atom stereocenters. The summed E-state index contributed by atoms with van der Waals surface area (Å²) in [5, 5.41) is 0. The van der Waals surface area contributed by atoms with E-state index in [0.29, 0.717) is 0 Å². The standard InChI is InChI=1S/3C5H6.3C5H4.C5H2.12C2H6/c7*1-2-4-5-3-1;12*1-2/h3*1-4H,5H2;3*1-2H,3H2;1H2;12*1-2H3. The van der Waals surface area contributed by atoms with Crippen LogP contribution in [0.5, 0.6) is 0 Å². The molecule has 0 fully saturated rings. The van der Waals surface area contributed by atoms with E-state index < -0.39 is 0 Å². The van der Waals surface area contributed by atoms with Crippen molar-refractivity contribution >= 4 is 0 Å². The predicted octanol–water partition coefficient (Wildman–Crippen LogP) is 20.1. The van der Waals surface area contributed by atoms with Gasteiger partial charge in [-0.05, 0) is 49.3 Å². The minimum Gasteiger partial charge on any atom is -0.0943 e. The molecule has 0 spiro atoms.